The fourth-order valence-corrected chi connectivity index (χ4v) is 2.51. The van der Waals surface area contributed by atoms with Gasteiger partial charge in [-0.2, -0.15) is 5.10 Å². The minimum Gasteiger partial charge on any atom is -0.364 e. The summed E-state index contributed by atoms with van der Waals surface area (Å²) in [6.45, 7) is 1.96. The first-order valence-corrected chi connectivity index (χ1v) is 7.72. The Morgan fingerprint density at radius 2 is 1.96 bits per heavy atom. The van der Waals surface area contributed by atoms with Crippen molar-refractivity contribution >= 4 is 23.2 Å². The Morgan fingerprint density at radius 1 is 1.32 bits per heavy atom. The van der Waals surface area contributed by atoms with E-state index in [1.807, 2.05) is 6.92 Å². The summed E-state index contributed by atoms with van der Waals surface area (Å²) in [4.78, 5) is 34.1. The van der Waals surface area contributed by atoms with Crippen molar-refractivity contribution in [3.8, 4) is 0 Å². The molecule has 0 atom stereocenters. The van der Waals surface area contributed by atoms with Gasteiger partial charge in [0.25, 0.3) is 11.6 Å². The summed E-state index contributed by atoms with van der Waals surface area (Å²) in [6.07, 6.45) is 1.39. The predicted octanol–water partition coefficient (Wildman–Crippen LogP) is 1.56. The normalized spacial score (nSPS) is 10.5. The Balaban J connectivity index is 2.19. The van der Waals surface area contributed by atoms with E-state index < -0.39 is 10.8 Å². The Morgan fingerprint density at radius 3 is 2.48 bits per heavy atom. The number of rotatable bonds is 7. The van der Waals surface area contributed by atoms with E-state index in [2.05, 4.69) is 10.4 Å². The fourth-order valence-electron chi connectivity index (χ4n) is 2.51. The number of aryl methyl sites for hydroxylation is 2. The molecule has 0 saturated heterocycles. The predicted molar refractivity (Wildman–Crippen MR) is 91.2 cm³/mol. The van der Waals surface area contributed by atoms with Gasteiger partial charge in [-0.25, -0.2) is 0 Å². The highest BCUT2D eigenvalue weighted by Gasteiger charge is 2.21. The van der Waals surface area contributed by atoms with Gasteiger partial charge in [-0.15, -0.1) is 0 Å². The lowest BCUT2D eigenvalue weighted by Crippen LogP contribution is -2.21. The zero-order valence-corrected chi connectivity index (χ0v) is 14.0. The van der Waals surface area contributed by atoms with Gasteiger partial charge >= 0.3 is 0 Å². The molecule has 2 aromatic rings. The smallest absolute Gasteiger partial charge is 0.269 e. The van der Waals surface area contributed by atoms with Crippen LogP contribution in [0.3, 0.4) is 0 Å². The number of hydrogen-bond donors (Lipinski definition) is 2. The van der Waals surface area contributed by atoms with Crippen LogP contribution in [0.5, 0.6) is 0 Å². The number of nitrogens with one attached hydrogen (secondary N) is 1. The summed E-state index contributed by atoms with van der Waals surface area (Å²) >= 11 is 0. The van der Waals surface area contributed by atoms with Crippen LogP contribution < -0.4 is 11.1 Å². The molecule has 9 heteroatoms. The van der Waals surface area contributed by atoms with E-state index in [0.717, 1.165) is 6.42 Å². The van der Waals surface area contributed by atoms with Gasteiger partial charge in [0.15, 0.2) is 0 Å². The van der Waals surface area contributed by atoms with Gasteiger partial charge in [0.1, 0.15) is 5.69 Å². The van der Waals surface area contributed by atoms with Crippen LogP contribution in [0.2, 0.25) is 0 Å². The summed E-state index contributed by atoms with van der Waals surface area (Å²) < 4.78 is 1.36. The Kier molecular flexibility index (Phi) is 5.48. The lowest BCUT2D eigenvalue weighted by atomic mass is 10.1. The van der Waals surface area contributed by atoms with Crippen molar-refractivity contribution in [3.63, 3.8) is 0 Å². The monoisotopic (exact) mass is 345 g/mol. The average Bonchev–Trinajstić information content (AvgIpc) is 2.83. The molecule has 3 N–H and O–H groups in total. The minimum absolute atomic E-state index is 0.0106. The van der Waals surface area contributed by atoms with E-state index in [1.54, 1.807) is 7.05 Å². The number of nitrogens with zero attached hydrogens (tertiary/aromatic N) is 3. The first kappa shape index (κ1) is 18.1. The Bertz CT molecular complexity index is 811. The number of primary amides is 1. The van der Waals surface area contributed by atoms with Crippen molar-refractivity contribution in [2.75, 3.05) is 5.32 Å². The highest BCUT2D eigenvalue weighted by atomic mass is 16.6. The second-order valence-electron chi connectivity index (χ2n) is 5.56. The summed E-state index contributed by atoms with van der Waals surface area (Å²) in [6, 6.07) is 5.71. The standard InChI is InChI=1S/C16H19N5O4/c1-3-4-12-14(15(16(17)23)20(2)19-12)18-13(22)9-10-5-7-11(8-6-10)21(24)25/h5-8H,3-4,9H2,1-2H3,(H2,17,23)(H,18,22). The Labute approximate surface area is 144 Å². The highest BCUT2D eigenvalue weighted by molar-refractivity contribution is 6.03. The summed E-state index contributed by atoms with van der Waals surface area (Å²) in [5.41, 5.74) is 7.01. The molecule has 132 valence electrons. The number of benzene rings is 1. The zero-order chi connectivity index (χ0) is 18.6. The summed E-state index contributed by atoms with van der Waals surface area (Å²) in [5.74, 6) is -1.04. The lowest BCUT2D eigenvalue weighted by Gasteiger charge is -2.07. The third-order valence-electron chi connectivity index (χ3n) is 3.62. The Hall–Kier alpha value is -3.23. The van der Waals surface area contributed by atoms with Gasteiger partial charge < -0.3 is 11.1 Å². The number of amides is 2. The zero-order valence-electron chi connectivity index (χ0n) is 14.0. The molecular weight excluding hydrogens is 326 g/mol. The number of anilines is 1. The van der Waals surface area contributed by atoms with Gasteiger partial charge in [-0.1, -0.05) is 25.5 Å². The van der Waals surface area contributed by atoms with E-state index in [1.165, 1.54) is 28.9 Å². The molecular formula is C16H19N5O4. The van der Waals surface area contributed by atoms with E-state index in [-0.39, 0.29) is 23.7 Å². The van der Waals surface area contributed by atoms with Crippen LogP contribution in [0.15, 0.2) is 24.3 Å². The molecule has 0 fully saturated rings. The average molecular weight is 345 g/mol. The molecule has 1 aromatic carbocycles. The molecule has 0 aliphatic heterocycles. The summed E-state index contributed by atoms with van der Waals surface area (Å²) in [5, 5.41) is 17.6. The summed E-state index contributed by atoms with van der Waals surface area (Å²) in [7, 11) is 1.59. The van der Waals surface area contributed by atoms with E-state index in [0.29, 0.717) is 23.4 Å². The van der Waals surface area contributed by atoms with Crippen LogP contribution >= 0.6 is 0 Å². The molecule has 0 bridgehead atoms. The van der Waals surface area contributed by atoms with Crippen LogP contribution in [0.4, 0.5) is 11.4 Å². The second-order valence-corrected chi connectivity index (χ2v) is 5.56. The number of non-ortho nitro benzene ring substituents is 1. The van der Waals surface area contributed by atoms with Gasteiger partial charge in [-0.3, -0.25) is 24.4 Å². The topological polar surface area (TPSA) is 133 Å². The number of aromatic nitrogens is 2. The van der Waals surface area contributed by atoms with E-state index >= 15 is 0 Å². The van der Waals surface area contributed by atoms with Crippen molar-refractivity contribution in [3.05, 3.63) is 51.3 Å². The molecule has 25 heavy (non-hydrogen) atoms. The molecule has 2 rings (SSSR count). The number of hydrogen-bond acceptors (Lipinski definition) is 5. The van der Waals surface area contributed by atoms with Crippen molar-refractivity contribution in [2.45, 2.75) is 26.2 Å². The number of carbonyl (C=O) groups excluding carboxylic acids is 2. The molecule has 2 amide bonds. The van der Waals surface area contributed by atoms with Gasteiger partial charge in [0.05, 0.1) is 22.7 Å². The third-order valence-corrected chi connectivity index (χ3v) is 3.62. The van der Waals surface area contributed by atoms with Crippen LogP contribution in [0.1, 0.15) is 35.1 Å². The molecule has 0 spiro atoms. The fraction of sp³-hybridized carbons (Fsp3) is 0.312. The van der Waals surface area contributed by atoms with Crippen LogP contribution in [0.25, 0.3) is 0 Å². The van der Waals surface area contributed by atoms with Crippen molar-refractivity contribution in [1.82, 2.24) is 9.78 Å². The highest BCUT2D eigenvalue weighted by Crippen LogP contribution is 2.22. The van der Waals surface area contributed by atoms with Gasteiger partial charge in [0.2, 0.25) is 5.91 Å². The van der Waals surface area contributed by atoms with Crippen LogP contribution in [-0.2, 0) is 24.7 Å². The molecule has 9 nitrogen and oxygen atoms in total. The first-order chi connectivity index (χ1) is 11.8. The molecule has 0 aliphatic rings. The molecule has 0 saturated carbocycles. The number of nitro benzene ring substituents is 1. The largest absolute Gasteiger partial charge is 0.364 e. The van der Waals surface area contributed by atoms with Crippen molar-refractivity contribution in [2.24, 2.45) is 12.8 Å². The molecule has 0 unspecified atom stereocenters. The van der Waals surface area contributed by atoms with Gasteiger partial charge in [0, 0.05) is 19.2 Å². The molecule has 1 heterocycles. The first-order valence-electron chi connectivity index (χ1n) is 7.72. The third kappa shape index (κ3) is 4.19. The molecule has 0 radical (unpaired) electrons. The number of nitro groups is 1. The van der Waals surface area contributed by atoms with Crippen LogP contribution in [-0.4, -0.2) is 26.5 Å². The maximum Gasteiger partial charge on any atom is 0.269 e. The number of carbonyl (C=O) groups is 2. The maximum atomic E-state index is 12.3. The second kappa shape index (κ2) is 7.56. The minimum atomic E-state index is -0.678. The van der Waals surface area contributed by atoms with E-state index in [4.69, 9.17) is 5.73 Å². The quantitative estimate of drug-likeness (QED) is 0.580. The molecule has 0 aliphatic carbocycles. The lowest BCUT2D eigenvalue weighted by molar-refractivity contribution is -0.384. The molecule has 1 aromatic heterocycles. The SMILES string of the molecule is CCCc1nn(C)c(C(N)=O)c1NC(=O)Cc1ccc([N+](=O)[O-])cc1. The number of nitrogens with two attached hydrogens (primary N) is 1. The van der Waals surface area contributed by atoms with Crippen molar-refractivity contribution in [1.29, 1.82) is 0 Å². The van der Waals surface area contributed by atoms with Gasteiger partial charge in [-0.05, 0) is 12.0 Å². The van der Waals surface area contributed by atoms with Crippen LogP contribution in [0, 0.1) is 10.1 Å². The van der Waals surface area contributed by atoms with Crippen molar-refractivity contribution < 1.29 is 14.5 Å². The maximum absolute atomic E-state index is 12.3. The van der Waals surface area contributed by atoms with E-state index in [9.17, 15) is 19.7 Å².